The van der Waals surface area contributed by atoms with Gasteiger partial charge in [-0.05, 0) is 29.8 Å². The Morgan fingerprint density at radius 2 is 2.12 bits per heavy atom. The maximum Gasteiger partial charge on any atom is 0.0515 e. The Kier molecular flexibility index (Phi) is 4.09. The molecule has 17 heavy (non-hydrogen) atoms. The van der Waals surface area contributed by atoms with E-state index in [0.717, 1.165) is 17.7 Å². The van der Waals surface area contributed by atoms with Gasteiger partial charge in [0.15, 0.2) is 0 Å². The molecule has 2 rings (SSSR count). The van der Waals surface area contributed by atoms with Crippen molar-refractivity contribution in [2.75, 3.05) is 0 Å². The van der Waals surface area contributed by atoms with Crippen LogP contribution in [0.1, 0.15) is 17.3 Å². The zero-order valence-electron chi connectivity index (χ0n) is 9.31. The van der Waals surface area contributed by atoms with Crippen LogP contribution in [0.2, 0.25) is 5.02 Å². The highest BCUT2D eigenvalue weighted by Crippen LogP contribution is 2.20. The molecule has 0 fully saturated rings. The molecule has 0 aliphatic heterocycles. The van der Waals surface area contributed by atoms with E-state index in [2.05, 4.69) is 10.4 Å². The summed E-state index contributed by atoms with van der Waals surface area (Å²) in [6, 6.07) is 13.5. The molecule has 0 saturated heterocycles. The molecule has 0 aliphatic rings. The first-order valence-electron chi connectivity index (χ1n) is 5.41. The molecule has 1 heterocycles. The molecule has 0 saturated carbocycles. The molecule has 88 valence electrons. The number of nitrogens with one attached hydrogen (secondary N) is 1. The molecular formula is C13H14ClN3. The summed E-state index contributed by atoms with van der Waals surface area (Å²) in [4.78, 5) is 4.29. The summed E-state index contributed by atoms with van der Waals surface area (Å²) >= 11 is 5.96. The number of benzene rings is 1. The fraction of sp³-hybridized carbons (Fsp3) is 0.154. The van der Waals surface area contributed by atoms with Gasteiger partial charge in [0.05, 0.1) is 6.04 Å². The second kappa shape index (κ2) is 5.77. The first kappa shape index (κ1) is 12.0. The Labute approximate surface area is 106 Å². The Bertz CT molecular complexity index is 473. The van der Waals surface area contributed by atoms with Gasteiger partial charge in [-0.15, -0.1) is 0 Å². The minimum atomic E-state index is 0.0172. The lowest BCUT2D eigenvalue weighted by Gasteiger charge is -2.16. The summed E-state index contributed by atoms with van der Waals surface area (Å²) in [6.45, 7) is 0. The van der Waals surface area contributed by atoms with Crippen LogP contribution in [0.25, 0.3) is 0 Å². The smallest absolute Gasteiger partial charge is 0.0515 e. The van der Waals surface area contributed by atoms with Crippen molar-refractivity contribution in [1.82, 2.24) is 10.4 Å². The number of halogens is 1. The van der Waals surface area contributed by atoms with E-state index < -0.39 is 0 Å². The molecule has 0 radical (unpaired) electrons. The zero-order valence-corrected chi connectivity index (χ0v) is 10.1. The number of nitrogens with zero attached hydrogens (tertiary/aromatic N) is 1. The molecule has 3 nitrogen and oxygen atoms in total. The van der Waals surface area contributed by atoms with Gasteiger partial charge in [0.2, 0.25) is 0 Å². The van der Waals surface area contributed by atoms with Crippen molar-refractivity contribution in [3.05, 3.63) is 64.9 Å². The van der Waals surface area contributed by atoms with Crippen LogP contribution in [0.3, 0.4) is 0 Å². The fourth-order valence-corrected chi connectivity index (χ4v) is 1.92. The monoisotopic (exact) mass is 247 g/mol. The number of rotatable bonds is 4. The molecule has 1 aromatic carbocycles. The van der Waals surface area contributed by atoms with Crippen LogP contribution in [0.5, 0.6) is 0 Å². The molecule has 4 heteroatoms. The van der Waals surface area contributed by atoms with Gasteiger partial charge in [-0.2, -0.15) is 0 Å². The quantitative estimate of drug-likeness (QED) is 0.645. The maximum absolute atomic E-state index is 5.96. The van der Waals surface area contributed by atoms with E-state index in [-0.39, 0.29) is 6.04 Å². The standard InChI is InChI=1S/C13H14ClN3/c14-11-5-3-4-10(8-11)13(17-15)9-12-6-1-2-7-16-12/h1-8,13,17H,9,15H2. The van der Waals surface area contributed by atoms with Crippen molar-refractivity contribution in [1.29, 1.82) is 0 Å². The third kappa shape index (κ3) is 3.27. The highest BCUT2D eigenvalue weighted by molar-refractivity contribution is 6.30. The summed E-state index contributed by atoms with van der Waals surface area (Å²) in [5.74, 6) is 5.58. The third-order valence-corrected chi connectivity index (χ3v) is 2.83. The highest BCUT2D eigenvalue weighted by atomic mass is 35.5. The molecule has 2 aromatic rings. The number of hydrogen-bond donors (Lipinski definition) is 2. The summed E-state index contributed by atoms with van der Waals surface area (Å²) < 4.78 is 0. The predicted molar refractivity (Wildman–Crippen MR) is 69.5 cm³/mol. The van der Waals surface area contributed by atoms with Gasteiger partial charge in [-0.3, -0.25) is 16.3 Å². The van der Waals surface area contributed by atoms with Gasteiger partial charge in [0.25, 0.3) is 0 Å². The molecule has 0 aliphatic carbocycles. The van der Waals surface area contributed by atoms with Crippen LogP contribution in [0.4, 0.5) is 0 Å². The Morgan fingerprint density at radius 3 is 2.76 bits per heavy atom. The average molecular weight is 248 g/mol. The molecule has 3 N–H and O–H groups in total. The zero-order chi connectivity index (χ0) is 12.1. The third-order valence-electron chi connectivity index (χ3n) is 2.59. The minimum absolute atomic E-state index is 0.0172. The van der Waals surface area contributed by atoms with Crippen molar-refractivity contribution in [3.63, 3.8) is 0 Å². The first-order chi connectivity index (χ1) is 8.29. The number of hydrazine groups is 1. The van der Waals surface area contributed by atoms with Crippen molar-refractivity contribution < 1.29 is 0 Å². The minimum Gasteiger partial charge on any atom is -0.271 e. The van der Waals surface area contributed by atoms with Crippen LogP contribution in [-0.4, -0.2) is 4.98 Å². The summed E-state index contributed by atoms with van der Waals surface area (Å²) in [6.07, 6.45) is 2.51. The Hall–Kier alpha value is -1.42. The van der Waals surface area contributed by atoms with E-state index in [4.69, 9.17) is 17.4 Å². The van der Waals surface area contributed by atoms with E-state index in [9.17, 15) is 0 Å². The maximum atomic E-state index is 5.96. The van der Waals surface area contributed by atoms with Gasteiger partial charge < -0.3 is 0 Å². The lowest BCUT2D eigenvalue weighted by Crippen LogP contribution is -2.29. The average Bonchev–Trinajstić information content (AvgIpc) is 2.37. The van der Waals surface area contributed by atoms with Crippen molar-refractivity contribution in [3.8, 4) is 0 Å². The van der Waals surface area contributed by atoms with E-state index in [1.54, 1.807) is 6.20 Å². The van der Waals surface area contributed by atoms with Gasteiger partial charge in [-0.25, -0.2) is 0 Å². The van der Waals surface area contributed by atoms with Crippen molar-refractivity contribution in [2.24, 2.45) is 5.84 Å². The van der Waals surface area contributed by atoms with Crippen LogP contribution < -0.4 is 11.3 Å². The van der Waals surface area contributed by atoms with Crippen LogP contribution in [-0.2, 0) is 6.42 Å². The van der Waals surface area contributed by atoms with Gasteiger partial charge in [0, 0.05) is 23.3 Å². The Morgan fingerprint density at radius 1 is 1.24 bits per heavy atom. The predicted octanol–water partition coefficient (Wildman–Crippen LogP) is 2.48. The largest absolute Gasteiger partial charge is 0.271 e. The second-order valence-electron chi connectivity index (χ2n) is 3.80. The van der Waals surface area contributed by atoms with E-state index in [1.165, 1.54) is 0 Å². The van der Waals surface area contributed by atoms with Gasteiger partial charge >= 0.3 is 0 Å². The molecule has 0 amide bonds. The molecule has 1 atom stereocenters. The van der Waals surface area contributed by atoms with Gasteiger partial charge in [0.1, 0.15) is 0 Å². The molecule has 1 aromatic heterocycles. The topological polar surface area (TPSA) is 50.9 Å². The normalized spacial score (nSPS) is 12.4. The summed E-state index contributed by atoms with van der Waals surface area (Å²) in [5.41, 5.74) is 4.85. The summed E-state index contributed by atoms with van der Waals surface area (Å²) in [5, 5.41) is 0.712. The highest BCUT2D eigenvalue weighted by Gasteiger charge is 2.11. The van der Waals surface area contributed by atoms with Crippen molar-refractivity contribution >= 4 is 11.6 Å². The fourth-order valence-electron chi connectivity index (χ4n) is 1.72. The lowest BCUT2D eigenvalue weighted by atomic mass is 10.0. The van der Waals surface area contributed by atoms with E-state index in [0.29, 0.717) is 5.02 Å². The van der Waals surface area contributed by atoms with Crippen LogP contribution in [0, 0.1) is 0 Å². The number of aromatic nitrogens is 1. The number of pyridine rings is 1. The molecule has 1 unspecified atom stereocenters. The van der Waals surface area contributed by atoms with Crippen LogP contribution >= 0.6 is 11.6 Å². The Balaban J connectivity index is 2.17. The SMILES string of the molecule is NNC(Cc1ccccn1)c1cccc(Cl)c1. The van der Waals surface area contributed by atoms with Gasteiger partial charge in [-0.1, -0.05) is 29.8 Å². The molecule has 0 spiro atoms. The summed E-state index contributed by atoms with van der Waals surface area (Å²) in [7, 11) is 0. The number of hydrogen-bond acceptors (Lipinski definition) is 3. The second-order valence-corrected chi connectivity index (χ2v) is 4.24. The lowest BCUT2D eigenvalue weighted by molar-refractivity contribution is 0.546. The van der Waals surface area contributed by atoms with E-state index in [1.807, 2.05) is 42.5 Å². The van der Waals surface area contributed by atoms with Crippen molar-refractivity contribution in [2.45, 2.75) is 12.5 Å². The molecule has 0 bridgehead atoms. The first-order valence-corrected chi connectivity index (χ1v) is 5.79. The molecular weight excluding hydrogens is 234 g/mol. The van der Waals surface area contributed by atoms with Crippen LogP contribution in [0.15, 0.2) is 48.7 Å². The number of nitrogens with two attached hydrogens (primary N) is 1. The van der Waals surface area contributed by atoms with E-state index >= 15 is 0 Å².